The van der Waals surface area contributed by atoms with Gasteiger partial charge in [-0.3, -0.25) is 9.59 Å². The van der Waals surface area contributed by atoms with E-state index in [0.717, 1.165) is 21.2 Å². The van der Waals surface area contributed by atoms with Crippen molar-refractivity contribution in [2.75, 3.05) is 13.6 Å². The zero-order chi connectivity index (χ0) is 22.9. The molecule has 0 aliphatic carbocycles. The van der Waals surface area contributed by atoms with Gasteiger partial charge in [-0.2, -0.15) is 4.31 Å². The summed E-state index contributed by atoms with van der Waals surface area (Å²) in [6, 6.07) is 16.8. The molecule has 4 rings (SSSR count). The topological polar surface area (TPSA) is 93.9 Å². The molecule has 4 aromatic rings. The Labute approximate surface area is 188 Å². The van der Waals surface area contributed by atoms with Gasteiger partial charge in [0.15, 0.2) is 0 Å². The maximum atomic E-state index is 13.0. The molecule has 0 fully saturated rings. The highest BCUT2D eigenvalue weighted by molar-refractivity contribution is 7.91. The fourth-order valence-electron chi connectivity index (χ4n) is 3.28. The van der Waals surface area contributed by atoms with Crippen LogP contribution in [0, 0.1) is 6.92 Å². The molecule has 9 heteroatoms. The summed E-state index contributed by atoms with van der Waals surface area (Å²) >= 11 is 1.07. The number of ether oxygens (including phenoxy) is 1. The minimum absolute atomic E-state index is 0.143. The van der Waals surface area contributed by atoms with Gasteiger partial charge in [-0.25, -0.2) is 8.42 Å². The number of hydrogen-bond donors (Lipinski definition) is 0. The summed E-state index contributed by atoms with van der Waals surface area (Å²) in [5.74, 6) is -0.162. The van der Waals surface area contributed by atoms with Crippen LogP contribution in [-0.2, 0) is 14.8 Å². The van der Waals surface area contributed by atoms with Crippen LogP contribution < -0.4 is 10.2 Å². The molecule has 0 radical (unpaired) electrons. The van der Waals surface area contributed by atoms with Gasteiger partial charge in [0.2, 0.25) is 5.43 Å². The molecule has 0 bridgehead atoms. The zero-order valence-electron chi connectivity index (χ0n) is 17.3. The first kappa shape index (κ1) is 21.9. The van der Waals surface area contributed by atoms with Gasteiger partial charge >= 0.3 is 5.97 Å². The molecule has 0 aliphatic heterocycles. The molecule has 164 valence electrons. The van der Waals surface area contributed by atoms with Crippen LogP contribution in [0.2, 0.25) is 0 Å². The second-order valence-corrected chi connectivity index (χ2v) is 10.3. The predicted molar refractivity (Wildman–Crippen MR) is 122 cm³/mol. The van der Waals surface area contributed by atoms with Crippen LogP contribution >= 0.6 is 11.3 Å². The van der Waals surface area contributed by atoms with Gasteiger partial charge in [0.1, 0.15) is 27.8 Å². The van der Waals surface area contributed by atoms with Gasteiger partial charge < -0.3 is 9.15 Å². The van der Waals surface area contributed by atoms with E-state index in [4.69, 9.17) is 9.15 Å². The van der Waals surface area contributed by atoms with Crippen LogP contribution in [0.15, 0.2) is 79.5 Å². The Morgan fingerprint density at radius 3 is 2.53 bits per heavy atom. The van der Waals surface area contributed by atoms with Crippen LogP contribution in [-0.4, -0.2) is 32.3 Å². The van der Waals surface area contributed by atoms with E-state index in [-0.39, 0.29) is 21.0 Å². The van der Waals surface area contributed by atoms with E-state index in [2.05, 4.69) is 0 Å². The fourth-order valence-corrected chi connectivity index (χ4v) is 5.60. The van der Waals surface area contributed by atoms with Gasteiger partial charge in [0.25, 0.3) is 10.0 Å². The number of benzene rings is 2. The number of fused-ring (bicyclic) bond motifs is 1. The third-order valence-corrected chi connectivity index (χ3v) is 8.02. The molecule has 0 unspecified atom stereocenters. The molecule has 32 heavy (non-hydrogen) atoms. The Bertz CT molecular complexity index is 1440. The summed E-state index contributed by atoms with van der Waals surface area (Å²) in [4.78, 5) is 25.3. The van der Waals surface area contributed by atoms with Crippen LogP contribution in [0.3, 0.4) is 0 Å². The lowest BCUT2D eigenvalue weighted by Crippen LogP contribution is -2.33. The predicted octanol–water partition coefficient (Wildman–Crippen LogP) is 4.06. The van der Waals surface area contributed by atoms with E-state index in [1.807, 2.05) is 30.3 Å². The average Bonchev–Trinajstić information content (AvgIpc) is 3.30. The molecular weight excluding hydrogens is 450 g/mol. The molecule has 0 N–H and O–H groups in total. The van der Waals surface area contributed by atoms with Gasteiger partial charge in [0, 0.05) is 13.1 Å². The van der Waals surface area contributed by atoms with Crippen LogP contribution in [0.4, 0.5) is 0 Å². The molecular formula is C23H19NO6S2. The number of aryl methyl sites for hydroxylation is 1. The van der Waals surface area contributed by atoms with E-state index in [1.165, 1.54) is 31.3 Å². The molecule has 0 spiro atoms. The molecule has 7 nitrogen and oxygen atoms in total. The van der Waals surface area contributed by atoms with E-state index < -0.39 is 22.5 Å². The number of esters is 1. The van der Waals surface area contributed by atoms with Crippen molar-refractivity contribution in [2.45, 2.75) is 11.1 Å². The summed E-state index contributed by atoms with van der Waals surface area (Å²) in [5.41, 5.74) is 1.32. The molecule has 0 aliphatic rings. The van der Waals surface area contributed by atoms with E-state index >= 15 is 0 Å². The lowest BCUT2D eigenvalue weighted by atomic mass is 10.0. The third kappa shape index (κ3) is 4.22. The Kier molecular flexibility index (Phi) is 5.96. The maximum absolute atomic E-state index is 13.0. The Morgan fingerprint density at radius 1 is 1.09 bits per heavy atom. The Balaban J connectivity index is 1.57. The third-order valence-electron chi connectivity index (χ3n) is 4.85. The number of nitrogens with zero attached hydrogens (tertiary/aromatic N) is 1. The van der Waals surface area contributed by atoms with Crippen molar-refractivity contribution in [3.05, 3.63) is 82.0 Å². The molecule has 0 saturated heterocycles. The van der Waals surface area contributed by atoms with E-state index in [0.29, 0.717) is 16.7 Å². The van der Waals surface area contributed by atoms with Crippen LogP contribution in [0.25, 0.3) is 22.1 Å². The van der Waals surface area contributed by atoms with Gasteiger partial charge in [0.05, 0.1) is 10.9 Å². The Morgan fingerprint density at radius 2 is 1.84 bits per heavy atom. The smallest absolute Gasteiger partial charge is 0.326 e. The van der Waals surface area contributed by atoms with Gasteiger partial charge in [-0.05, 0) is 36.1 Å². The summed E-state index contributed by atoms with van der Waals surface area (Å²) < 4.78 is 37.1. The molecule has 0 saturated carbocycles. The summed E-state index contributed by atoms with van der Waals surface area (Å²) in [7, 11) is -2.46. The van der Waals surface area contributed by atoms with Crippen molar-refractivity contribution in [2.24, 2.45) is 0 Å². The average molecular weight is 470 g/mol. The fraction of sp³-hybridized carbons (Fsp3) is 0.130. The summed E-state index contributed by atoms with van der Waals surface area (Å²) in [6.07, 6.45) is 0. The number of carbonyl (C=O) groups excluding carboxylic acids is 1. The monoisotopic (exact) mass is 469 g/mol. The normalized spacial score (nSPS) is 11.7. The van der Waals surface area contributed by atoms with Crippen molar-refractivity contribution >= 4 is 38.3 Å². The van der Waals surface area contributed by atoms with Gasteiger partial charge in [-0.15, -0.1) is 11.3 Å². The van der Waals surface area contributed by atoms with Crippen molar-refractivity contribution in [3.8, 4) is 16.9 Å². The molecule has 2 aromatic carbocycles. The van der Waals surface area contributed by atoms with Gasteiger partial charge in [-0.1, -0.05) is 36.4 Å². The number of sulfonamides is 1. The highest BCUT2D eigenvalue weighted by atomic mass is 32.2. The lowest BCUT2D eigenvalue weighted by Gasteiger charge is -2.15. The Hall–Kier alpha value is -3.27. The first-order chi connectivity index (χ1) is 15.3. The first-order valence-corrected chi connectivity index (χ1v) is 11.9. The van der Waals surface area contributed by atoms with Crippen molar-refractivity contribution < 1.29 is 22.4 Å². The standard InChI is InChI=1S/C23H19NO6S2/c1-15-22(16-7-4-3-5-8-16)23(26)18-11-10-17(13-19(18)29-15)30-20(25)14-24(2)32(27,28)21-9-6-12-31-21/h3-13H,14H2,1-2H3. The van der Waals surface area contributed by atoms with Crippen LogP contribution in [0.5, 0.6) is 5.75 Å². The maximum Gasteiger partial charge on any atom is 0.326 e. The number of carbonyl (C=O) groups is 1. The number of hydrogen-bond acceptors (Lipinski definition) is 7. The highest BCUT2D eigenvalue weighted by Crippen LogP contribution is 2.26. The molecule has 2 heterocycles. The number of rotatable bonds is 6. The first-order valence-electron chi connectivity index (χ1n) is 9.61. The van der Waals surface area contributed by atoms with Crippen molar-refractivity contribution in [3.63, 3.8) is 0 Å². The minimum Gasteiger partial charge on any atom is -0.460 e. The van der Waals surface area contributed by atoms with Crippen LogP contribution in [0.1, 0.15) is 5.76 Å². The van der Waals surface area contributed by atoms with Crippen molar-refractivity contribution in [1.29, 1.82) is 0 Å². The SMILES string of the molecule is Cc1oc2cc(OC(=O)CN(C)S(=O)(=O)c3cccs3)ccc2c(=O)c1-c1ccccc1. The minimum atomic E-state index is -3.77. The number of likely N-dealkylation sites (N-methyl/N-ethyl adjacent to an activating group) is 1. The molecule has 0 amide bonds. The van der Waals surface area contributed by atoms with E-state index in [9.17, 15) is 18.0 Å². The van der Waals surface area contributed by atoms with Crippen molar-refractivity contribution in [1.82, 2.24) is 4.31 Å². The quantitative estimate of drug-likeness (QED) is 0.312. The molecule has 0 atom stereocenters. The molecule has 2 aromatic heterocycles. The largest absolute Gasteiger partial charge is 0.460 e. The summed E-state index contributed by atoms with van der Waals surface area (Å²) in [5, 5.41) is 2.00. The zero-order valence-corrected chi connectivity index (χ0v) is 18.9. The second-order valence-electron chi connectivity index (χ2n) is 7.05. The summed E-state index contributed by atoms with van der Waals surface area (Å²) in [6.45, 7) is 1.24. The van der Waals surface area contributed by atoms with E-state index in [1.54, 1.807) is 18.4 Å². The number of thiophene rings is 1. The second kappa shape index (κ2) is 8.70. The lowest BCUT2D eigenvalue weighted by molar-refractivity contribution is -0.134. The highest BCUT2D eigenvalue weighted by Gasteiger charge is 2.25.